The van der Waals surface area contributed by atoms with Gasteiger partial charge in [0.2, 0.25) is 5.91 Å². The molecule has 0 saturated carbocycles. The summed E-state index contributed by atoms with van der Waals surface area (Å²) in [6, 6.07) is 10.8. The average molecular weight is 489 g/mol. The van der Waals surface area contributed by atoms with E-state index in [2.05, 4.69) is 5.32 Å². The molecule has 2 rings (SSSR count). The summed E-state index contributed by atoms with van der Waals surface area (Å²) in [7, 11) is 0. The van der Waals surface area contributed by atoms with Gasteiger partial charge in [0.25, 0.3) is 0 Å². The second-order valence-corrected chi connectivity index (χ2v) is 8.05. The average Bonchev–Trinajstić information content (AvgIpc) is 2.83. The molecular formula is C26H33FN2O6. The van der Waals surface area contributed by atoms with Gasteiger partial charge in [-0.2, -0.15) is 0 Å². The number of carbonyl (C=O) groups excluding carboxylic acids is 2. The number of carboxylic acid groups (broad SMARTS) is 1. The highest BCUT2D eigenvalue weighted by atomic mass is 19.1. The van der Waals surface area contributed by atoms with Gasteiger partial charge in [0.05, 0.1) is 6.61 Å². The Morgan fingerprint density at radius 1 is 1.06 bits per heavy atom. The molecule has 0 aliphatic carbocycles. The summed E-state index contributed by atoms with van der Waals surface area (Å²) in [4.78, 5) is 37.3. The summed E-state index contributed by atoms with van der Waals surface area (Å²) in [5.41, 5.74) is 1.64. The zero-order chi connectivity index (χ0) is 25.6. The van der Waals surface area contributed by atoms with Crippen LogP contribution in [0.5, 0.6) is 5.75 Å². The van der Waals surface area contributed by atoms with Crippen LogP contribution >= 0.6 is 0 Å². The second kappa shape index (κ2) is 14.6. The first-order valence-corrected chi connectivity index (χ1v) is 11.8. The molecule has 2 N–H and O–H groups in total. The molecular weight excluding hydrogens is 455 g/mol. The second-order valence-electron chi connectivity index (χ2n) is 8.05. The van der Waals surface area contributed by atoms with Crippen LogP contribution in [0.4, 0.5) is 9.18 Å². The van der Waals surface area contributed by atoms with Crippen LogP contribution in [0.2, 0.25) is 0 Å². The highest BCUT2D eigenvalue weighted by Gasteiger charge is 2.20. The van der Waals surface area contributed by atoms with Crippen LogP contribution in [0.3, 0.4) is 0 Å². The number of benzene rings is 2. The number of aliphatic carboxylic acids is 1. The highest BCUT2D eigenvalue weighted by Crippen LogP contribution is 2.31. The largest absolute Gasteiger partial charge is 0.481 e. The van der Waals surface area contributed by atoms with Crippen LogP contribution in [0, 0.1) is 5.82 Å². The minimum Gasteiger partial charge on any atom is -0.481 e. The summed E-state index contributed by atoms with van der Waals surface area (Å²) >= 11 is 0. The Balaban J connectivity index is 2.24. The molecule has 0 aromatic heterocycles. The maximum Gasteiger partial charge on any atom is 0.410 e. The van der Waals surface area contributed by atoms with Crippen molar-refractivity contribution < 1.29 is 33.4 Å². The summed E-state index contributed by atoms with van der Waals surface area (Å²) in [6.07, 6.45) is 2.78. The number of carboxylic acids is 1. The van der Waals surface area contributed by atoms with Crippen molar-refractivity contribution in [3.8, 4) is 16.9 Å². The Morgan fingerprint density at radius 3 is 2.54 bits per heavy atom. The Labute approximate surface area is 205 Å². The van der Waals surface area contributed by atoms with Crippen LogP contribution in [-0.4, -0.2) is 54.3 Å². The number of nitrogens with one attached hydrogen (secondary N) is 1. The van der Waals surface area contributed by atoms with Gasteiger partial charge in [-0.25, -0.2) is 14.0 Å². The minimum absolute atomic E-state index is 0.0978. The first kappa shape index (κ1) is 27.6. The lowest BCUT2D eigenvalue weighted by Gasteiger charge is -2.22. The number of hydrogen-bond acceptors (Lipinski definition) is 5. The van der Waals surface area contributed by atoms with Crippen molar-refractivity contribution in [2.24, 2.45) is 0 Å². The highest BCUT2D eigenvalue weighted by molar-refractivity contribution is 5.82. The molecule has 8 nitrogen and oxygen atoms in total. The predicted molar refractivity (Wildman–Crippen MR) is 130 cm³/mol. The van der Waals surface area contributed by atoms with E-state index in [1.54, 1.807) is 24.3 Å². The number of unbranched alkanes of at least 4 members (excludes halogenated alkanes) is 2. The van der Waals surface area contributed by atoms with E-state index in [1.807, 2.05) is 13.8 Å². The van der Waals surface area contributed by atoms with E-state index in [4.69, 9.17) is 14.6 Å². The van der Waals surface area contributed by atoms with Crippen LogP contribution in [-0.2, 0) is 20.9 Å². The maximum absolute atomic E-state index is 14.0. The molecule has 0 bridgehead atoms. The molecule has 0 atom stereocenters. The van der Waals surface area contributed by atoms with Gasteiger partial charge in [-0.1, -0.05) is 44.9 Å². The minimum atomic E-state index is -1.15. The topological polar surface area (TPSA) is 105 Å². The first-order valence-electron chi connectivity index (χ1n) is 11.8. The van der Waals surface area contributed by atoms with Crippen molar-refractivity contribution in [2.75, 3.05) is 26.3 Å². The van der Waals surface area contributed by atoms with Crippen molar-refractivity contribution in [2.45, 2.75) is 46.1 Å². The molecule has 2 aromatic rings. The number of ether oxygens (including phenoxy) is 2. The zero-order valence-corrected chi connectivity index (χ0v) is 20.2. The van der Waals surface area contributed by atoms with E-state index in [0.29, 0.717) is 23.2 Å². The molecule has 190 valence electrons. The third kappa shape index (κ3) is 9.64. The monoisotopic (exact) mass is 488 g/mol. The number of nitrogens with zero attached hydrogens (tertiary/aromatic N) is 1. The summed E-state index contributed by atoms with van der Waals surface area (Å²) in [5, 5.41) is 11.7. The smallest absolute Gasteiger partial charge is 0.410 e. The molecule has 9 heteroatoms. The van der Waals surface area contributed by atoms with Crippen LogP contribution in [0.1, 0.15) is 45.1 Å². The van der Waals surface area contributed by atoms with Gasteiger partial charge >= 0.3 is 12.1 Å². The van der Waals surface area contributed by atoms with Gasteiger partial charge in [0.15, 0.2) is 6.61 Å². The van der Waals surface area contributed by atoms with Crippen LogP contribution in [0.25, 0.3) is 11.1 Å². The van der Waals surface area contributed by atoms with Crippen molar-refractivity contribution in [1.29, 1.82) is 0 Å². The molecule has 2 amide bonds. The summed E-state index contributed by atoms with van der Waals surface area (Å²) in [5.74, 6) is -1.71. The van der Waals surface area contributed by atoms with E-state index in [1.165, 1.54) is 23.1 Å². The molecule has 2 aromatic carbocycles. The molecule has 0 radical (unpaired) electrons. The quantitative estimate of drug-likeness (QED) is 0.376. The molecule has 0 spiro atoms. The zero-order valence-electron chi connectivity index (χ0n) is 20.2. The van der Waals surface area contributed by atoms with Gasteiger partial charge in [-0.05, 0) is 48.2 Å². The number of halogens is 1. The number of carbonyl (C=O) groups is 3. The van der Waals surface area contributed by atoms with E-state index in [-0.39, 0.29) is 31.4 Å². The Bertz CT molecular complexity index is 998. The number of amides is 2. The van der Waals surface area contributed by atoms with Crippen molar-refractivity contribution >= 4 is 18.0 Å². The Hall–Kier alpha value is -3.62. The lowest BCUT2D eigenvalue weighted by Crippen LogP contribution is -2.41. The fourth-order valence-electron chi connectivity index (χ4n) is 3.26. The van der Waals surface area contributed by atoms with Crippen molar-refractivity contribution in [3.63, 3.8) is 0 Å². The standard InChI is InChI=1S/C26H33FN2O6/c1-3-5-12-28-24(30)17-29(26(33)34-13-6-4-2)16-19-8-7-9-20(14-19)22-15-21(27)10-11-23(22)35-18-25(31)32/h7-11,14-15H,3-6,12-13,16-18H2,1-2H3,(H,28,30)(H,31,32). The van der Waals surface area contributed by atoms with Gasteiger partial charge in [0, 0.05) is 18.7 Å². The number of hydrogen-bond donors (Lipinski definition) is 2. The van der Waals surface area contributed by atoms with Crippen molar-refractivity contribution in [3.05, 3.63) is 53.8 Å². The normalized spacial score (nSPS) is 10.5. The molecule has 0 unspecified atom stereocenters. The fourth-order valence-corrected chi connectivity index (χ4v) is 3.26. The van der Waals surface area contributed by atoms with Gasteiger partial charge in [0.1, 0.15) is 18.1 Å². The van der Waals surface area contributed by atoms with Crippen molar-refractivity contribution in [1.82, 2.24) is 10.2 Å². The third-order valence-electron chi connectivity index (χ3n) is 5.07. The van der Waals surface area contributed by atoms with Crippen LogP contribution in [0.15, 0.2) is 42.5 Å². The molecule has 0 saturated heterocycles. The molecule has 35 heavy (non-hydrogen) atoms. The van der Waals surface area contributed by atoms with Gasteiger partial charge < -0.3 is 19.9 Å². The van der Waals surface area contributed by atoms with Gasteiger partial charge in [-0.15, -0.1) is 0 Å². The van der Waals surface area contributed by atoms with Crippen LogP contribution < -0.4 is 10.1 Å². The molecule has 0 heterocycles. The Morgan fingerprint density at radius 2 is 1.83 bits per heavy atom. The summed E-state index contributed by atoms with van der Waals surface area (Å²) < 4.78 is 24.6. The van der Waals surface area contributed by atoms with E-state index < -0.39 is 24.5 Å². The first-order chi connectivity index (χ1) is 16.8. The van der Waals surface area contributed by atoms with E-state index in [9.17, 15) is 18.8 Å². The lowest BCUT2D eigenvalue weighted by atomic mass is 10.0. The SMILES string of the molecule is CCCCNC(=O)CN(Cc1cccc(-c2cc(F)ccc2OCC(=O)O)c1)C(=O)OCCCC. The Kier molecular flexibility index (Phi) is 11.5. The molecule has 0 fully saturated rings. The molecule has 0 aliphatic rings. The fraction of sp³-hybridized carbons (Fsp3) is 0.423. The summed E-state index contributed by atoms with van der Waals surface area (Å²) in [6.45, 7) is 4.17. The molecule has 0 aliphatic heterocycles. The third-order valence-corrected chi connectivity index (χ3v) is 5.07. The predicted octanol–water partition coefficient (Wildman–Crippen LogP) is 4.61. The van der Waals surface area contributed by atoms with E-state index >= 15 is 0 Å². The van der Waals surface area contributed by atoms with E-state index in [0.717, 1.165) is 25.7 Å². The maximum atomic E-state index is 14.0. The van der Waals surface area contributed by atoms with Gasteiger partial charge in [-0.3, -0.25) is 9.69 Å². The number of rotatable bonds is 14. The lowest BCUT2D eigenvalue weighted by molar-refractivity contribution is -0.139.